The zero-order chi connectivity index (χ0) is 47.1. The fourth-order valence-electron chi connectivity index (χ4n) is 6.48. The zero-order valence-corrected chi connectivity index (χ0v) is 42.3. The highest BCUT2D eigenvalue weighted by Gasteiger charge is 2.21. The van der Waals surface area contributed by atoms with E-state index < -0.39 is 32.5 Å². The highest BCUT2D eigenvalue weighted by Crippen LogP contribution is 2.38. The molecule has 0 aliphatic heterocycles. The van der Waals surface area contributed by atoms with Crippen LogP contribution < -0.4 is 4.89 Å². The van der Waals surface area contributed by atoms with Gasteiger partial charge in [-0.25, -0.2) is 0 Å². The summed E-state index contributed by atoms with van der Waals surface area (Å²) < 4.78 is 34.0. The Morgan fingerprint density at radius 2 is 0.891 bits per heavy atom. The molecule has 0 amide bonds. The summed E-state index contributed by atoms with van der Waals surface area (Å²) in [7, 11) is 1.12. The minimum absolute atomic E-state index is 0.0439. The molecule has 0 aliphatic carbocycles. The summed E-state index contributed by atoms with van der Waals surface area (Å²) in [6, 6.07) is 0. The number of carbonyl (C=O) groups is 2. The summed E-state index contributed by atoms with van der Waals surface area (Å²) in [5, 5.41) is 0. The van der Waals surface area contributed by atoms with Crippen molar-refractivity contribution in [1.82, 2.24) is 0 Å². The number of carbonyl (C=O) groups excluding carboxylic acids is 2. The Hall–Kier alpha value is -2.81. The van der Waals surface area contributed by atoms with E-state index in [0.717, 1.165) is 77.0 Å². The number of hydrogen-bond acceptors (Lipinski definition) is 8. The fraction of sp³-hybridized carbons (Fsp3) is 0.704. The molecule has 0 N–H and O–H groups in total. The van der Waals surface area contributed by atoms with Gasteiger partial charge >= 0.3 is 11.9 Å². The predicted octanol–water partition coefficient (Wildman–Crippen LogP) is 14.5. The second-order valence-corrected chi connectivity index (χ2v) is 19.2. The first-order valence-corrected chi connectivity index (χ1v) is 26.8. The predicted molar refractivity (Wildman–Crippen MR) is 268 cm³/mol. The third-order valence-electron chi connectivity index (χ3n) is 10.4. The van der Waals surface area contributed by atoms with E-state index in [4.69, 9.17) is 18.5 Å². The molecule has 0 heterocycles. The smallest absolute Gasteiger partial charge is 0.306 e. The number of likely N-dealkylation sites (N-methyl/N-ethyl adjacent to an activating group) is 1. The average Bonchev–Trinajstić information content (AvgIpc) is 3.25. The maximum atomic E-state index is 12.7. The summed E-state index contributed by atoms with van der Waals surface area (Å²) >= 11 is 0. The lowest BCUT2D eigenvalue weighted by Gasteiger charge is -2.28. The molecule has 368 valence electrons. The Bertz CT molecular complexity index is 1360. The van der Waals surface area contributed by atoms with Crippen LogP contribution in [0, 0.1) is 0 Å². The van der Waals surface area contributed by atoms with E-state index in [-0.39, 0.29) is 26.1 Å². The SMILES string of the molecule is CC/C=C\C/C=C\C/C=C\C/C=C\C/C=C\C/C=C\CCCCC(=O)OC(COC(=O)CCCCCCCCCCC/C=C\CCCCCCCC)COP(=O)([O-])OCC[N+](C)(C)C. The van der Waals surface area contributed by atoms with E-state index in [9.17, 15) is 19.0 Å². The molecule has 0 rings (SSSR count). The molecule has 0 aromatic heterocycles. The van der Waals surface area contributed by atoms with Gasteiger partial charge in [0, 0.05) is 12.8 Å². The number of nitrogens with zero attached hydrogens (tertiary/aromatic N) is 1. The first-order chi connectivity index (χ1) is 31.0. The summed E-state index contributed by atoms with van der Waals surface area (Å²) in [6.45, 7) is 4.06. The van der Waals surface area contributed by atoms with Crippen molar-refractivity contribution in [3.8, 4) is 0 Å². The topological polar surface area (TPSA) is 111 Å². The van der Waals surface area contributed by atoms with Crippen LogP contribution in [-0.4, -0.2) is 70.0 Å². The van der Waals surface area contributed by atoms with Crippen LogP contribution in [0.1, 0.15) is 194 Å². The average molecular weight is 916 g/mol. The van der Waals surface area contributed by atoms with Gasteiger partial charge in [0.25, 0.3) is 7.82 Å². The Labute approximate surface area is 392 Å². The molecule has 0 saturated carbocycles. The minimum atomic E-state index is -4.65. The van der Waals surface area contributed by atoms with E-state index in [1.807, 2.05) is 21.1 Å². The van der Waals surface area contributed by atoms with Crippen molar-refractivity contribution in [3.63, 3.8) is 0 Å². The van der Waals surface area contributed by atoms with Gasteiger partial charge in [0.1, 0.15) is 19.8 Å². The van der Waals surface area contributed by atoms with Crippen molar-refractivity contribution in [3.05, 3.63) is 85.1 Å². The lowest BCUT2D eigenvalue weighted by atomic mass is 10.1. The maximum absolute atomic E-state index is 12.7. The van der Waals surface area contributed by atoms with Crippen LogP contribution in [0.15, 0.2) is 85.1 Å². The summed E-state index contributed by atoms with van der Waals surface area (Å²) in [5.74, 6) is -0.891. The first kappa shape index (κ1) is 61.2. The molecule has 0 saturated heterocycles. The number of unbranched alkanes of at least 4 members (excludes halogenated alkanes) is 17. The van der Waals surface area contributed by atoms with Crippen LogP contribution in [0.5, 0.6) is 0 Å². The van der Waals surface area contributed by atoms with Gasteiger partial charge in [0.15, 0.2) is 6.10 Å². The quantitative estimate of drug-likeness (QED) is 0.0195. The first-order valence-electron chi connectivity index (χ1n) is 25.3. The standard InChI is InChI=1S/C54H94NO8P/c1-6-8-10-12-14-16-18-20-22-24-26-27-29-31-33-35-37-39-41-43-45-47-54(57)63-52(51-62-64(58,59)61-49-48-55(3,4)5)50-60-53(56)46-44-42-40-38-36-34-32-30-28-25-23-21-19-17-15-13-11-9-7-2/h8,10,14,16,20-23,26-27,31,33,37,39,52H,6-7,9,11-13,15,17-19,24-25,28-30,32,34-36,38,40-51H2,1-5H3/b10-8-,16-14-,22-20-,23-21-,27-26-,33-31-,39-37-. The van der Waals surface area contributed by atoms with Gasteiger partial charge in [-0.2, -0.15) is 0 Å². The number of esters is 2. The van der Waals surface area contributed by atoms with Crippen molar-refractivity contribution in [2.45, 2.75) is 200 Å². The third-order valence-corrected chi connectivity index (χ3v) is 11.4. The molecule has 0 radical (unpaired) electrons. The third kappa shape index (κ3) is 48.6. The number of hydrogen-bond donors (Lipinski definition) is 0. The van der Waals surface area contributed by atoms with Crippen molar-refractivity contribution >= 4 is 19.8 Å². The lowest BCUT2D eigenvalue weighted by Crippen LogP contribution is -2.37. The number of phosphoric acid groups is 1. The molecular weight excluding hydrogens is 822 g/mol. The molecule has 0 aromatic rings. The van der Waals surface area contributed by atoms with Gasteiger partial charge in [-0.05, 0) is 89.9 Å². The van der Waals surface area contributed by atoms with E-state index in [1.165, 1.54) is 83.5 Å². The minimum Gasteiger partial charge on any atom is -0.756 e. The Morgan fingerprint density at radius 1 is 0.500 bits per heavy atom. The number of ether oxygens (including phenoxy) is 2. The van der Waals surface area contributed by atoms with Crippen molar-refractivity contribution < 1.29 is 42.1 Å². The molecule has 0 bridgehead atoms. The van der Waals surface area contributed by atoms with Crippen molar-refractivity contribution in [2.24, 2.45) is 0 Å². The lowest BCUT2D eigenvalue weighted by molar-refractivity contribution is -0.870. The van der Waals surface area contributed by atoms with Crippen LogP contribution in [0.2, 0.25) is 0 Å². The molecule has 9 nitrogen and oxygen atoms in total. The van der Waals surface area contributed by atoms with Crippen LogP contribution in [0.25, 0.3) is 0 Å². The normalized spacial score (nSPS) is 14.2. The largest absolute Gasteiger partial charge is 0.756 e. The number of rotatable bonds is 45. The van der Waals surface area contributed by atoms with E-state index in [1.54, 1.807) is 0 Å². The van der Waals surface area contributed by atoms with Crippen LogP contribution in [-0.2, 0) is 32.7 Å². The summed E-state index contributed by atoms with van der Waals surface area (Å²) in [5.41, 5.74) is 0. The molecule has 64 heavy (non-hydrogen) atoms. The highest BCUT2D eigenvalue weighted by molar-refractivity contribution is 7.45. The van der Waals surface area contributed by atoms with Gasteiger partial charge < -0.3 is 27.9 Å². The monoisotopic (exact) mass is 916 g/mol. The summed E-state index contributed by atoms with van der Waals surface area (Å²) in [4.78, 5) is 37.7. The molecule has 2 unspecified atom stereocenters. The van der Waals surface area contributed by atoms with Crippen LogP contribution in [0.3, 0.4) is 0 Å². The van der Waals surface area contributed by atoms with Crippen LogP contribution >= 0.6 is 7.82 Å². The maximum Gasteiger partial charge on any atom is 0.306 e. The second kappa shape index (κ2) is 45.4. The Balaban J connectivity index is 4.37. The fourth-order valence-corrected chi connectivity index (χ4v) is 7.20. The van der Waals surface area contributed by atoms with Crippen molar-refractivity contribution in [2.75, 3.05) is 47.5 Å². The molecule has 0 spiro atoms. The second-order valence-electron chi connectivity index (χ2n) is 17.8. The Morgan fingerprint density at radius 3 is 1.38 bits per heavy atom. The molecular formula is C54H94NO8P. The van der Waals surface area contributed by atoms with E-state index in [2.05, 4.69) is 98.9 Å². The van der Waals surface area contributed by atoms with E-state index >= 15 is 0 Å². The van der Waals surface area contributed by atoms with Crippen molar-refractivity contribution in [1.29, 1.82) is 0 Å². The highest BCUT2D eigenvalue weighted by atomic mass is 31.2. The number of allylic oxidation sites excluding steroid dienone is 14. The molecule has 0 aliphatic rings. The van der Waals surface area contributed by atoms with E-state index in [0.29, 0.717) is 17.4 Å². The van der Waals surface area contributed by atoms with Gasteiger partial charge in [0.05, 0.1) is 27.7 Å². The molecule has 0 aromatic carbocycles. The van der Waals surface area contributed by atoms with Gasteiger partial charge in [-0.15, -0.1) is 0 Å². The molecule has 0 fully saturated rings. The number of phosphoric ester groups is 1. The zero-order valence-electron chi connectivity index (χ0n) is 41.4. The molecule has 2 atom stereocenters. The van der Waals surface area contributed by atoms with Gasteiger partial charge in [0.2, 0.25) is 0 Å². The molecule has 10 heteroatoms. The van der Waals surface area contributed by atoms with Gasteiger partial charge in [-0.1, -0.05) is 176 Å². The Kier molecular flexibility index (Phi) is 43.4. The van der Waals surface area contributed by atoms with Crippen LogP contribution in [0.4, 0.5) is 0 Å². The summed E-state index contributed by atoms with van der Waals surface area (Å²) in [6.07, 6.45) is 59.0. The van der Waals surface area contributed by atoms with Gasteiger partial charge in [-0.3, -0.25) is 14.2 Å². The number of quaternary nitrogens is 1.